The van der Waals surface area contributed by atoms with Gasteiger partial charge in [-0.1, -0.05) is 12.1 Å². The lowest BCUT2D eigenvalue weighted by Crippen LogP contribution is -2.60. The third-order valence-electron chi connectivity index (χ3n) is 3.69. The number of aliphatic hydroxyl groups excluding tert-OH is 4. The summed E-state index contributed by atoms with van der Waals surface area (Å²) in [4.78, 5) is 0. The average Bonchev–Trinajstić information content (AvgIpc) is 2.54. The second kappa shape index (κ2) is 7.87. The summed E-state index contributed by atoms with van der Waals surface area (Å²) in [6, 6.07) is 7.28. The third kappa shape index (κ3) is 3.95. The maximum atomic E-state index is 9.90. The van der Waals surface area contributed by atoms with Crippen LogP contribution in [0.15, 0.2) is 24.3 Å². The Morgan fingerprint density at radius 1 is 1.09 bits per heavy atom. The van der Waals surface area contributed by atoms with Gasteiger partial charge in [0, 0.05) is 0 Å². The van der Waals surface area contributed by atoms with Crippen molar-refractivity contribution in [3.63, 3.8) is 0 Å². The highest BCUT2D eigenvalue weighted by Gasteiger charge is 2.44. The van der Waals surface area contributed by atoms with E-state index in [1.165, 1.54) is 0 Å². The van der Waals surface area contributed by atoms with Gasteiger partial charge in [-0.3, -0.25) is 0 Å². The predicted octanol–water partition coefficient (Wildman–Crippen LogP) is -1.37. The quantitative estimate of drug-likeness (QED) is 0.440. The van der Waals surface area contributed by atoms with Gasteiger partial charge in [0.25, 0.3) is 0 Å². The summed E-state index contributed by atoms with van der Waals surface area (Å²) in [5.41, 5.74) is 1.13. The van der Waals surface area contributed by atoms with E-state index >= 15 is 0 Å². The summed E-state index contributed by atoms with van der Waals surface area (Å²) < 4.78 is 10.8. The van der Waals surface area contributed by atoms with E-state index in [0.29, 0.717) is 5.75 Å². The molecule has 0 spiro atoms. The number of nitrogens with one attached hydrogen (secondary N) is 1. The Morgan fingerprint density at radius 2 is 1.77 bits per heavy atom. The first-order valence-electron chi connectivity index (χ1n) is 7.27. The van der Waals surface area contributed by atoms with Crippen LogP contribution in [-0.4, -0.2) is 71.3 Å². The van der Waals surface area contributed by atoms with E-state index in [1.54, 1.807) is 12.1 Å². The van der Waals surface area contributed by atoms with Gasteiger partial charge in [-0.2, -0.15) is 0 Å². The van der Waals surface area contributed by atoms with E-state index in [0.717, 1.165) is 18.5 Å². The van der Waals surface area contributed by atoms with Crippen molar-refractivity contribution in [1.82, 2.24) is 5.32 Å². The molecule has 2 rings (SSSR count). The number of aliphatic hydroxyl groups is 4. The van der Waals surface area contributed by atoms with Crippen molar-refractivity contribution >= 4 is 0 Å². The smallest absolute Gasteiger partial charge is 0.229 e. The topological polar surface area (TPSA) is 111 Å². The van der Waals surface area contributed by atoms with Crippen LogP contribution in [0.1, 0.15) is 5.56 Å². The molecule has 0 bridgehead atoms. The molecule has 1 heterocycles. The van der Waals surface area contributed by atoms with Crippen LogP contribution in [0.2, 0.25) is 0 Å². The van der Waals surface area contributed by atoms with Crippen LogP contribution in [0.5, 0.6) is 5.75 Å². The molecule has 5 N–H and O–H groups in total. The Labute approximate surface area is 129 Å². The minimum absolute atomic E-state index is 0.470. The lowest BCUT2D eigenvalue weighted by molar-refractivity contribution is -0.277. The van der Waals surface area contributed by atoms with Crippen LogP contribution in [0.25, 0.3) is 0 Å². The van der Waals surface area contributed by atoms with Gasteiger partial charge in [-0.05, 0) is 37.7 Å². The lowest BCUT2D eigenvalue weighted by atomic mass is 9.99. The molecule has 0 aliphatic carbocycles. The third-order valence-corrected chi connectivity index (χ3v) is 3.69. The van der Waals surface area contributed by atoms with Gasteiger partial charge in [-0.25, -0.2) is 0 Å². The molecule has 5 unspecified atom stereocenters. The largest absolute Gasteiger partial charge is 0.462 e. The Balaban J connectivity index is 1.99. The Bertz CT molecular complexity index is 452. The number of benzene rings is 1. The molecule has 124 valence electrons. The average molecular weight is 313 g/mol. The van der Waals surface area contributed by atoms with Crippen LogP contribution in [0.3, 0.4) is 0 Å². The fourth-order valence-electron chi connectivity index (χ4n) is 2.30. The van der Waals surface area contributed by atoms with Crippen molar-refractivity contribution in [2.24, 2.45) is 0 Å². The first-order valence-corrected chi connectivity index (χ1v) is 7.27. The van der Waals surface area contributed by atoms with Crippen molar-refractivity contribution in [1.29, 1.82) is 0 Å². The summed E-state index contributed by atoms with van der Waals surface area (Å²) in [7, 11) is 1.89. The molecule has 1 fully saturated rings. The van der Waals surface area contributed by atoms with E-state index in [1.807, 2.05) is 19.2 Å². The molecule has 0 aromatic heterocycles. The number of hydrogen-bond acceptors (Lipinski definition) is 7. The van der Waals surface area contributed by atoms with Gasteiger partial charge < -0.3 is 35.2 Å². The van der Waals surface area contributed by atoms with Gasteiger partial charge in [0.05, 0.1) is 6.61 Å². The molecule has 5 atom stereocenters. The molecular formula is C15H23NO6. The number of likely N-dealkylation sites (N-methyl/N-ethyl adjacent to an activating group) is 1. The zero-order chi connectivity index (χ0) is 16.1. The molecule has 7 heteroatoms. The number of rotatable bonds is 6. The monoisotopic (exact) mass is 313 g/mol. The molecule has 0 radical (unpaired) electrons. The second-order valence-corrected chi connectivity index (χ2v) is 5.31. The van der Waals surface area contributed by atoms with Gasteiger partial charge in [-0.15, -0.1) is 0 Å². The van der Waals surface area contributed by atoms with E-state index in [-0.39, 0.29) is 0 Å². The Kier molecular flexibility index (Phi) is 6.13. The number of hydrogen-bond donors (Lipinski definition) is 5. The molecule has 0 amide bonds. The maximum Gasteiger partial charge on any atom is 0.229 e. The van der Waals surface area contributed by atoms with Crippen LogP contribution in [0, 0.1) is 0 Å². The fraction of sp³-hybridized carbons (Fsp3) is 0.600. The standard InChI is InChI=1S/C15H23NO6/c1-16-7-6-9-2-4-10(5-3-9)21-15-14(20)13(19)12(18)11(8-17)22-15/h2-5,11-20H,6-8H2,1H3. The van der Waals surface area contributed by atoms with Crippen LogP contribution < -0.4 is 10.1 Å². The van der Waals surface area contributed by atoms with Crippen LogP contribution in [0.4, 0.5) is 0 Å². The molecule has 1 aliphatic heterocycles. The molecular weight excluding hydrogens is 290 g/mol. The minimum Gasteiger partial charge on any atom is -0.462 e. The molecule has 1 aromatic rings. The number of ether oxygens (including phenoxy) is 2. The van der Waals surface area contributed by atoms with E-state index in [9.17, 15) is 15.3 Å². The van der Waals surface area contributed by atoms with Crippen LogP contribution >= 0.6 is 0 Å². The van der Waals surface area contributed by atoms with Crippen molar-refractivity contribution < 1.29 is 29.9 Å². The normalized spacial score (nSPS) is 32.0. The molecule has 7 nitrogen and oxygen atoms in total. The zero-order valence-electron chi connectivity index (χ0n) is 12.4. The summed E-state index contributed by atoms with van der Waals surface area (Å²) in [5.74, 6) is 0.470. The van der Waals surface area contributed by atoms with Crippen molar-refractivity contribution in [3.05, 3.63) is 29.8 Å². The van der Waals surface area contributed by atoms with Gasteiger partial charge >= 0.3 is 0 Å². The minimum atomic E-state index is -1.44. The Hall–Kier alpha value is -1.22. The lowest BCUT2D eigenvalue weighted by Gasteiger charge is -2.39. The highest BCUT2D eigenvalue weighted by molar-refractivity contribution is 5.27. The first-order chi connectivity index (χ1) is 10.6. The Morgan fingerprint density at radius 3 is 2.36 bits per heavy atom. The summed E-state index contributed by atoms with van der Waals surface area (Å²) in [6.07, 6.45) is -5.47. The summed E-state index contributed by atoms with van der Waals surface area (Å²) >= 11 is 0. The van der Waals surface area contributed by atoms with Crippen molar-refractivity contribution in [2.75, 3.05) is 20.2 Å². The van der Waals surface area contributed by atoms with Gasteiger partial charge in [0.2, 0.25) is 6.29 Å². The highest BCUT2D eigenvalue weighted by atomic mass is 16.7. The molecule has 0 saturated carbocycles. The summed E-state index contributed by atoms with van der Waals surface area (Å²) in [5, 5.41) is 41.5. The van der Waals surface area contributed by atoms with Crippen molar-refractivity contribution in [3.8, 4) is 5.75 Å². The van der Waals surface area contributed by atoms with Gasteiger partial charge in [0.15, 0.2) is 0 Å². The molecule has 1 aliphatic rings. The van der Waals surface area contributed by atoms with E-state index in [2.05, 4.69) is 5.32 Å². The zero-order valence-corrected chi connectivity index (χ0v) is 12.4. The summed E-state index contributed by atoms with van der Waals surface area (Å²) in [6.45, 7) is 0.390. The van der Waals surface area contributed by atoms with E-state index in [4.69, 9.17) is 14.6 Å². The predicted molar refractivity (Wildman–Crippen MR) is 78.5 cm³/mol. The molecule has 1 saturated heterocycles. The SMILES string of the molecule is CNCCc1ccc(OC2OC(CO)C(O)C(O)C2O)cc1. The van der Waals surface area contributed by atoms with E-state index < -0.39 is 37.3 Å². The molecule has 1 aromatic carbocycles. The van der Waals surface area contributed by atoms with Crippen molar-refractivity contribution in [2.45, 2.75) is 37.1 Å². The van der Waals surface area contributed by atoms with Crippen LogP contribution in [-0.2, 0) is 11.2 Å². The first kappa shape index (κ1) is 17.1. The second-order valence-electron chi connectivity index (χ2n) is 5.31. The maximum absolute atomic E-state index is 9.90. The fourth-order valence-corrected chi connectivity index (χ4v) is 2.30. The molecule has 22 heavy (non-hydrogen) atoms. The van der Waals surface area contributed by atoms with Gasteiger partial charge in [0.1, 0.15) is 30.2 Å². The highest BCUT2D eigenvalue weighted by Crippen LogP contribution is 2.24.